The second kappa shape index (κ2) is 7.47. The Balaban J connectivity index is 1.74. The van der Waals surface area contributed by atoms with Crippen molar-refractivity contribution in [2.24, 2.45) is 0 Å². The van der Waals surface area contributed by atoms with Gasteiger partial charge >= 0.3 is 0 Å². The predicted molar refractivity (Wildman–Crippen MR) is 103 cm³/mol. The van der Waals surface area contributed by atoms with Gasteiger partial charge in [0.05, 0.1) is 10.9 Å². The van der Waals surface area contributed by atoms with Gasteiger partial charge in [-0.25, -0.2) is 0 Å². The summed E-state index contributed by atoms with van der Waals surface area (Å²) in [5.74, 6) is -0.0340. The Bertz CT molecular complexity index is 928. The number of rotatable bonds is 5. The molecular formula is C18H17ClN2OS2. The number of aromatic nitrogens is 1. The molecule has 1 amide bonds. The van der Waals surface area contributed by atoms with Crippen molar-refractivity contribution >= 4 is 51.3 Å². The molecule has 6 heteroatoms. The van der Waals surface area contributed by atoms with Gasteiger partial charge in [-0.1, -0.05) is 36.0 Å². The number of thiophene rings is 1. The number of benzene rings is 1. The normalized spacial score (nSPS) is 10.9. The molecule has 1 N–H and O–H groups in total. The van der Waals surface area contributed by atoms with Crippen molar-refractivity contribution in [1.82, 2.24) is 9.88 Å². The van der Waals surface area contributed by atoms with E-state index >= 15 is 0 Å². The van der Waals surface area contributed by atoms with Gasteiger partial charge in [0.25, 0.3) is 0 Å². The molecule has 0 unspecified atom stereocenters. The molecule has 0 saturated heterocycles. The second-order valence-corrected chi connectivity index (χ2v) is 7.23. The van der Waals surface area contributed by atoms with Crippen LogP contribution in [0.2, 0.25) is 5.02 Å². The van der Waals surface area contributed by atoms with E-state index in [1.807, 2.05) is 41.9 Å². The van der Waals surface area contributed by atoms with Crippen molar-refractivity contribution in [3.63, 3.8) is 0 Å². The van der Waals surface area contributed by atoms with E-state index in [0.29, 0.717) is 11.6 Å². The third kappa shape index (κ3) is 3.69. The molecule has 124 valence electrons. The van der Waals surface area contributed by atoms with Gasteiger partial charge in [0.15, 0.2) is 0 Å². The first-order valence-corrected chi connectivity index (χ1v) is 9.35. The van der Waals surface area contributed by atoms with Crippen LogP contribution >= 0.6 is 35.2 Å². The Hall–Kier alpha value is -1.69. The highest BCUT2D eigenvalue weighted by atomic mass is 35.5. The first-order chi connectivity index (χ1) is 11.6. The van der Waals surface area contributed by atoms with Crippen LogP contribution in [0.25, 0.3) is 10.2 Å². The first-order valence-electron chi connectivity index (χ1n) is 7.69. The molecule has 2 heterocycles. The van der Waals surface area contributed by atoms with Crippen molar-refractivity contribution in [3.8, 4) is 0 Å². The molecule has 1 aromatic carbocycles. The Morgan fingerprint density at radius 2 is 2.04 bits per heavy atom. The summed E-state index contributed by atoms with van der Waals surface area (Å²) in [4.78, 5) is 13.4. The van der Waals surface area contributed by atoms with Gasteiger partial charge < -0.3 is 9.88 Å². The number of nitrogens with zero attached hydrogens (tertiary/aromatic N) is 1. The molecule has 0 bridgehead atoms. The van der Waals surface area contributed by atoms with Crippen molar-refractivity contribution in [1.29, 1.82) is 0 Å². The largest absolute Gasteiger partial charge is 0.352 e. The Morgan fingerprint density at radius 1 is 1.29 bits per heavy atom. The zero-order chi connectivity index (χ0) is 17.1. The first kappa shape index (κ1) is 17.1. The highest BCUT2D eigenvalue weighted by molar-refractivity contribution is 7.71. The summed E-state index contributed by atoms with van der Waals surface area (Å²) < 4.78 is 2.93. The molecule has 2 aromatic heterocycles. The molecule has 24 heavy (non-hydrogen) atoms. The number of pyridine rings is 1. The fourth-order valence-electron chi connectivity index (χ4n) is 2.57. The summed E-state index contributed by atoms with van der Waals surface area (Å²) in [5.41, 5.74) is 1.91. The lowest BCUT2D eigenvalue weighted by molar-refractivity contribution is -0.120. The number of hydrogen-bond acceptors (Lipinski definition) is 3. The number of halogens is 1. The molecule has 0 radical (unpaired) electrons. The minimum Gasteiger partial charge on any atom is -0.352 e. The van der Waals surface area contributed by atoms with Crippen LogP contribution in [-0.4, -0.2) is 10.5 Å². The molecule has 0 aliphatic carbocycles. The van der Waals surface area contributed by atoms with Gasteiger partial charge in [-0.2, -0.15) is 0 Å². The van der Waals surface area contributed by atoms with Gasteiger partial charge in [-0.3, -0.25) is 4.79 Å². The highest BCUT2D eigenvalue weighted by Crippen LogP contribution is 2.24. The number of amides is 1. The molecule has 0 fully saturated rings. The van der Waals surface area contributed by atoms with Crippen LogP contribution in [0.15, 0.2) is 41.9 Å². The monoisotopic (exact) mass is 376 g/mol. The van der Waals surface area contributed by atoms with Crippen LogP contribution in [0.3, 0.4) is 0 Å². The number of hydrogen-bond donors (Lipinski definition) is 1. The number of carbonyl (C=O) groups is 1. The second-order valence-electron chi connectivity index (χ2n) is 5.49. The SMILES string of the molecule is CCn1cc(CC(=O)NCc2ccc(Cl)cc2)c(=S)c2ccsc21. The zero-order valence-electron chi connectivity index (χ0n) is 13.2. The van der Waals surface area contributed by atoms with E-state index < -0.39 is 0 Å². The predicted octanol–water partition coefficient (Wildman–Crippen LogP) is 4.96. The smallest absolute Gasteiger partial charge is 0.224 e. The van der Waals surface area contributed by atoms with E-state index in [2.05, 4.69) is 16.8 Å². The van der Waals surface area contributed by atoms with E-state index in [4.69, 9.17) is 23.8 Å². The average molecular weight is 377 g/mol. The van der Waals surface area contributed by atoms with Crippen LogP contribution in [0.5, 0.6) is 0 Å². The summed E-state index contributed by atoms with van der Waals surface area (Å²) in [6.45, 7) is 3.43. The fraction of sp³-hybridized carbons (Fsp3) is 0.222. The van der Waals surface area contributed by atoms with Gasteiger partial charge in [-0.15, -0.1) is 11.3 Å². The summed E-state index contributed by atoms with van der Waals surface area (Å²) in [6.07, 6.45) is 2.29. The van der Waals surface area contributed by atoms with Gasteiger partial charge in [0.1, 0.15) is 4.83 Å². The van der Waals surface area contributed by atoms with Gasteiger partial charge in [-0.05, 0) is 41.6 Å². The molecule has 0 saturated carbocycles. The number of fused-ring (bicyclic) bond motifs is 1. The van der Waals surface area contributed by atoms with E-state index in [9.17, 15) is 4.79 Å². The average Bonchev–Trinajstić information content (AvgIpc) is 3.07. The summed E-state index contributed by atoms with van der Waals surface area (Å²) in [5, 5.41) is 6.72. The molecule has 0 spiro atoms. The van der Waals surface area contributed by atoms with Crippen molar-refractivity contribution in [2.75, 3.05) is 0 Å². The summed E-state index contributed by atoms with van der Waals surface area (Å²) >= 11 is 13.1. The lowest BCUT2D eigenvalue weighted by Crippen LogP contribution is -2.24. The van der Waals surface area contributed by atoms with Crippen molar-refractivity contribution in [2.45, 2.75) is 26.4 Å². The number of carbonyl (C=O) groups excluding carboxylic acids is 1. The third-order valence-electron chi connectivity index (χ3n) is 3.85. The maximum Gasteiger partial charge on any atom is 0.224 e. The quantitative estimate of drug-likeness (QED) is 0.638. The van der Waals surface area contributed by atoms with Gasteiger partial charge in [0, 0.05) is 29.7 Å². The van der Waals surface area contributed by atoms with E-state index in [-0.39, 0.29) is 12.3 Å². The molecule has 3 rings (SSSR count). The molecule has 3 nitrogen and oxygen atoms in total. The standard InChI is InChI=1S/C18H17ClN2OS2/c1-2-21-11-13(17(23)15-7-8-24-18(15)21)9-16(22)20-10-12-3-5-14(19)6-4-12/h3-8,11H,2,9-10H2,1H3,(H,20,22). The lowest BCUT2D eigenvalue weighted by Gasteiger charge is -2.10. The van der Waals surface area contributed by atoms with Crippen LogP contribution in [-0.2, 0) is 24.3 Å². The van der Waals surface area contributed by atoms with Crippen LogP contribution in [0, 0.1) is 4.51 Å². The molecular weight excluding hydrogens is 360 g/mol. The van der Waals surface area contributed by atoms with Gasteiger partial charge in [0.2, 0.25) is 5.91 Å². The Kier molecular flexibility index (Phi) is 5.33. The number of nitrogens with one attached hydrogen (secondary N) is 1. The Morgan fingerprint density at radius 3 is 2.75 bits per heavy atom. The van der Waals surface area contributed by atoms with Crippen LogP contribution < -0.4 is 5.32 Å². The van der Waals surface area contributed by atoms with E-state index in [1.165, 1.54) is 0 Å². The number of aryl methyl sites for hydroxylation is 1. The lowest BCUT2D eigenvalue weighted by atomic mass is 10.1. The third-order valence-corrected chi connectivity index (χ3v) is 5.53. The highest BCUT2D eigenvalue weighted by Gasteiger charge is 2.10. The van der Waals surface area contributed by atoms with E-state index in [1.54, 1.807) is 11.3 Å². The fourth-order valence-corrected chi connectivity index (χ4v) is 4.00. The van der Waals surface area contributed by atoms with E-state index in [0.717, 1.165) is 32.4 Å². The maximum absolute atomic E-state index is 12.3. The molecule has 0 aliphatic rings. The molecule has 3 aromatic rings. The van der Waals surface area contributed by atoms with Crippen molar-refractivity contribution < 1.29 is 4.79 Å². The minimum absolute atomic E-state index is 0.0340. The zero-order valence-corrected chi connectivity index (χ0v) is 15.6. The Labute approximate surface area is 154 Å². The molecule has 0 atom stereocenters. The van der Waals surface area contributed by atoms with Crippen LogP contribution in [0.1, 0.15) is 18.1 Å². The summed E-state index contributed by atoms with van der Waals surface area (Å²) in [6, 6.07) is 9.48. The maximum atomic E-state index is 12.3. The van der Waals surface area contributed by atoms with Crippen molar-refractivity contribution in [3.05, 3.63) is 62.6 Å². The van der Waals surface area contributed by atoms with Crippen LogP contribution in [0.4, 0.5) is 0 Å². The topological polar surface area (TPSA) is 34.0 Å². The minimum atomic E-state index is -0.0340. The molecule has 0 aliphatic heterocycles. The summed E-state index contributed by atoms with van der Waals surface area (Å²) in [7, 11) is 0.